The largest absolute Gasteiger partial charge is 0.388 e. The van der Waals surface area contributed by atoms with Gasteiger partial charge in [0.1, 0.15) is 0 Å². The van der Waals surface area contributed by atoms with Crippen LogP contribution in [0.15, 0.2) is 23.1 Å². The van der Waals surface area contributed by atoms with Crippen molar-refractivity contribution in [2.24, 2.45) is 0 Å². The van der Waals surface area contributed by atoms with Crippen LogP contribution in [-0.4, -0.2) is 37.7 Å². The Balaban J connectivity index is 2.11. The molecule has 1 aliphatic carbocycles. The van der Waals surface area contributed by atoms with E-state index in [2.05, 4.69) is 4.72 Å². The van der Waals surface area contributed by atoms with Crippen LogP contribution < -0.4 is 4.72 Å². The zero-order chi connectivity index (χ0) is 14.8. The number of nitrogens with one attached hydrogen (secondary N) is 1. The number of sulfonamides is 1. The summed E-state index contributed by atoms with van der Waals surface area (Å²) in [5, 5.41) is 10.0. The van der Waals surface area contributed by atoms with Crippen LogP contribution in [0.25, 0.3) is 0 Å². The average molecular weight is 315 g/mol. The molecule has 0 aliphatic heterocycles. The van der Waals surface area contributed by atoms with Crippen LogP contribution >= 0.6 is 11.8 Å². The van der Waals surface area contributed by atoms with Crippen molar-refractivity contribution in [2.45, 2.75) is 36.7 Å². The van der Waals surface area contributed by atoms with Crippen LogP contribution in [-0.2, 0) is 22.9 Å². The molecule has 0 saturated heterocycles. The van der Waals surface area contributed by atoms with Gasteiger partial charge >= 0.3 is 0 Å². The van der Waals surface area contributed by atoms with Crippen LogP contribution in [0.5, 0.6) is 0 Å². The SMILES string of the molecule is CSCC(C)(O)CNS(=O)(=O)c1ccc2c(c1)CCC2. The normalized spacial score (nSPS) is 17.8. The molecule has 0 heterocycles. The van der Waals surface area contributed by atoms with Crippen molar-refractivity contribution >= 4 is 21.8 Å². The van der Waals surface area contributed by atoms with Crippen LogP contribution in [0.1, 0.15) is 24.5 Å². The summed E-state index contributed by atoms with van der Waals surface area (Å²) < 4.78 is 27.0. The van der Waals surface area contributed by atoms with Crippen LogP contribution in [0.4, 0.5) is 0 Å². The van der Waals surface area contributed by atoms with Gasteiger partial charge < -0.3 is 5.11 Å². The summed E-state index contributed by atoms with van der Waals surface area (Å²) in [6, 6.07) is 5.31. The summed E-state index contributed by atoms with van der Waals surface area (Å²) in [5.41, 5.74) is 1.34. The number of benzene rings is 1. The molecule has 0 spiro atoms. The van der Waals surface area contributed by atoms with Crippen LogP contribution in [0.3, 0.4) is 0 Å². The third-order valence-electron chi connectivity index (χ3n) is 3.48. The molecule has 1 unspecified atom stereocenters. The van der Waals surface area contributed by atoms with Crippen molar-refractivity contribution in [1.29, 1.82) is 0 Å². The Kier molecular flexibility index (Phi) is 4.79. The summed E-state index contributed by atoms with van der Waals surface area (Å²) in [7, 11) is -3.55. The van der Waals surface area contributed by atoms with Gasteiger partial charge in [0.05, 0.1) is 10.5 Å². The van der Waals surface area contributed by atoms with Gasteiger partial charge in [-0.1, -0.05) is 6.07 Å². The van der Waals surface area contributed by atoms with Crippen molar-refractivity contribution in [3.63, 3.8) is 0 Å². The van der Waals surface area contributed by atoms with Crippen molar-refractivity contribution < 1.29 is 13.5 Å². The molecule has 20 heavy (non-hydrogen) atoms. The summed E-state index contributed by atoms with van der Waals surface area (Å²) in [4.78, 5) is 0.290. The number of fused-ring (bicyclic) bond motifs is 1. The van der Waals surface area contributed by atoms with Gasteiger partial charge in [0.25, 0.3) is 0 Å². The van der Waals surface area contributed by atoms with E-state index in [-0.39, 0.29) is 11.4 Å². The molecule has 0 radical (unpaired) electrons. The molecule has 0 saturated carbocycles. The van der Waals surface area contributed by atoms with Gasteiger partial charge in [0, 0.05) is 12.3 Å². The molecular weight excluding hydrogens is 294 g/mol. The van der Waals surface area contributed by atoms with Gasteiger partial charge in [0.2, 0.25) is 10.0 Å². The van der Waals surface area contributed by atoms with Gasteiger partial charge in [-0.05, 0) is 55.7 Å². The Morgan fingerprint density at radius 3 is 2.75 bits per heavy atom. The average Bonchev–Trinajstić information content (AvgIpc) is 2.84. The Morgan fingerprint density at radius 2 is 2.05 bits per heavy atom. The first-order chi connectivity index (χ1) is 9.34. The van der Waals surface area contributed by atoms with Crippen LogP contribution in [0, 0.1) is 0 Å². The molecule has 0 aromatic heterocycles. The highest BCUT2D eigenvalue weighted by Crippen LogP contribution is 2.24. The zero-order valence-electron chi connectivity index (χ0n) is 11.8. The first-order valence-corrected chi connectivity index (χ1v) is 9.54. The van der Waals surface area contributed by atoms with Gasteiger partial charge in [0.15, 0.2) is 0 Å². The molecule has 1 aromatic rings. The topological polar surface area (TPSA) is 66.4 Å². The second-order valence-electron chi connectivity index (χ2n) is 5.54. The molecule has 112 valence electrons. The highest BCUT2D eigenvalue weighted by Gasteiger charge is 2.24. The second-order valence-corrected chi connectivity index (χ2v) is 8.17. The third-order valence-corrected chi connectivity index (χ3v) is 5.79. The monoisotopic (exact) mass is 315 g/mol. The molecular formula is C14H21NO3S2. The zero-order valence-corrected chi connectivity index (χ0v) is 13.5. The first kappa shape index (κ1) is 15.8. The molecule has 6 heteroatoms. The maximum atomic E-state index is 12.3. The van der Waals surface area contributed by atoms with E-state index in [4.69, 9.17) is 0 Å². The Labute approximate surface area is 125 Å². The molecule has 2 rings (SSSR count). The Hall–Kier alpha value is -0.560. The van der Waals surface area contributed by atoms with Crippen LogP contribution in [0.2, 0.25) is 0 Å². The molecule has 2 N–H and O–H groups in total. The number of hydrogen-bond acceptors (Lipinski definition) is 4. The number of rotatable bonds is 6. The smallest absolute Gasteiger partial charge is 0.240 e. The predicted octanol–water partition coefficient (Wildman–Crippen LogP) is 1.57. The lowest BCUT2D eigenvalue weighted by molar-refractivity contribution is 0.0908. The lowest BCUT2D eigenvalue weighted by atomic mass is 10.1. The van der Waals surface area contributed by atoms with Crippen molar-refractivity contribution in [3.8, 4) is 0 Å². The van der Waals surface area contributed by atoms with E-state index in [9.17, 15) is 13.5 Å². The molecule has 0 fully saturated rings. The molecule has 4 nitrogen and oxygen atoms in total. The number of aliphatic hydroxyl groups is 1. The standard InChI is InChI=1S/C14H21NO3S2/c1-14(16,10-19-2)9-15-20(17,18)13-7-6-11-4-3-5-12(11)8-13/h6-8,15-16H,3-5,9-10H2,1-2H3. The first-order valence-electron chi connectivity index (χ1n) is 6.67. The van der Waals surface area contributed by atoms with Crippen molar-refractivity contribution in [1.82, 2.24) is 4.72 Å². The summed E-state index contributed by atoms with van der Waals surface area (Å²) in [6.07, 6.45) is 4.95. The summed E-state index contributed by atoms with van der Waals surface area (Å²) in [5.74, 6) is 0.486. The van der Waals surface area contributed by atoms with E-state index in [1.807, 2.05) is 12.3 Å². The lowest BCUT2D eigenvalue weighted by Gasteiger charge is -2.22. The fourth-order valence-corrected chi connectivity index (χ4v) is 4.35. The predicted molar refractivity (Wildman–Crippen MR) is 82.7 cm³/mol. The minimum Gasteiger partial charge on any atom is -0.388 e. The van der Waals surface area contributed by atoms with Gasteiger partial charge in [-0.15, -0.1) is 0 Å². The minimum absolute atomic E-state index is 0.0211. The van der Waals surface area contributed by atoms with Crippen molar-refractivity contribution in [2.75, 3.05) is 18.6 Å². The fraction of sp³-hybridized carbons (Fsp3) is 0.571. The second kappa shape index (κ2) is 6.05. The fourth-order valence-electron chi connectivity index (χ4n) is 2.41. The molecule has 0 amide bonds. The van der Waals surface area contributed by atoms with Gasteiger partial charge in [-0.3, -0.25) is 0 Å². The number of hydrogen-bond donors (Lipinski definition) is 2. The Morgan fingerprint density at radius 1 is 1.35 bits per heavy atom. The third kappa shape index (κ3) is 3.75. The van der Waals surface area contributed by atoms with E-state index in [0.29, 0.717) is 5.75 Å². The molecule has 1 aliphatic rings. The van der Waals surface area contributed by atoms with Gasteiger partial charge in [-0.25, -0.2) is 13.1 Å². The maximum Gasteiger partial charge on any atom is 0.240 e. The molecule has 0 bridgehead atoms. The van der Waals surface area contributed by atoms with E-state index in [1.165, 1.54) is 17.3 Å². The molecule has 1 atom stereocenters. The lowest BCUT2D eigenvalue weighted by Crippen LogP contribution is -2.42. The summed E-state index contributed by atoms with van der Waals surface area (Å²) in [6.45, 7) is 1.65. The quantitative estimate of drug-likeness (QED) is 0.836. The van der Waals surface area contributed by atoms with E-state index in [0.717, 1.165) is 24.8 Å². The minimum atomic E-state index is -3.55. The maximum absolute atomic E-state index is 12.3. The van der Waals surface area contributed by atoms with Crippen molar-refractivity contribution in [3.05, 3.63) is 29.3 Å². The van der Waals surface area contributed by atoms with E-state index < -0.39 is 15.6 Å². The highest BCUT2D eigenvalue weighted by atomic mass is 32.2. The molecule has 1 aromatic carbocycles. The number of thioether (sulfide) groups is 1. The summed E-state index contributed by atoms with van der Waals surface area (Å²) >= 11 is 1.49. The Bertz CT molecular complexity index is 582. The van der Waals surface area contributed by atoms with E-state index in [1.54, 1.807) is 19.1 Å². The van der Waals surface area contributed by atoms with Gasteiger partial charge in [-0.2, -0.15) is 11.8 Å². The highest BCUT2D eigenvalue weighted by molar-refractivity contribution is 7.98. The number of aryl methyl sites for hydroxylation is 2. The van der Waals surface area contributed by atoms with E-state index >= 15 is 0 Å².